The third kappa shape index (κ3) is 2.27. The highest BCUT2D eigenvalue weighted by Crippen LogP contribution is 2.14. The van der Waals surface area contributed by atoms with Gasteiger partial charge in [0.15, 0.2) is 5.82 Å². The number of hydrogen-bond acceptors (Lipinski definition) is 5. The highest BCUT2D eigenvalue weighted by atomic mass is 79.9. The van der Waals surface area contributed by atoms with E-state index in [1.165, 1.54) is 0 Å². The molecule has 0 amide bonds. The van der Waals surface area contributed by atoms with Crippen LogP contribution < -0.4 is 11.1 Å². The van der Waals surface area contributed by atoms with Crippen molar-refractivity contribution in [1.29, 1.82) is 0 Å². The summed E-state index contributed by atoms with van der Waals surface area (Å²) in [6.45, 7) is 4.45. The van der Waals surface area contributed by atoms with Gasteiger partial charge in [-0.2, -0.15) is 0 Å². The molecule has 2 rings (SSSR count). The van der Waals surface area contributed by atoms with Crippen molar-refractivity contribution in [2.45, 2.75) is 0 Å². The SMILES string of the molecule is C=C1NCC(N)=C1/C=N/c1cnc(Br)cn1. The highest BCUT2D eigenvalue weighted by Gasteiger charge is 2.12. The second-order valence-electron chi connectivity index (χ2n) is 3.23. The van der Waals surface area contributed by atoms with E-state index in [1.807, 2.05) is 0 Å². The fraction of sp³-hybridized carbons (Fsp3) is 0.100. The molecule has 0 saturated carbocycles. The van der Waals surface area contributed by atoms with Gasteiger partial charge in [-0.3, -0.25) is 0 Å². The summed E-state index contributed by atoms with van der Waals surface area (Å²) in [6.07, 6.45) is 4.81. The standard InChI is InChI=1S/C10H10BrN5/c1-6-7(8(12)3-13-6)2-15-10-5-14-9(11)4-16-10/h2,4-5,13H,1,3,12H2/b15-2+. The lowest BCUT2D eigenvalue weighted by atomic mass is 10.2. The van der Waals surface area contributed by atoms with E-state index in [0.29, 0.717) is 17.0 Å². The van der Waals surface area contributed by atoms with E-state index in [2.05, 4.69) is 42.8 Å². The van der Waals surface area contributed by atoms with Gasteiger partial charge in [0.25, 0.3) is 0 Å². The predicted molar refractivity (Wildman–Crippen MR) is 66.2 cm³/mol. The Morgan fingerprint density at radius 2 is 2.31 bits per heavy atom. The Hall–Kier alpha value is -1.69. The van der Waals surface area contributed by atoms with Crippen LogP contribution in [0, 0.1) is 0 Å². The summed E-state index contributed by atoms with van der Waals surface area (Å²) in [4.78, 5) is 12.3. The normalized spacial score (nSPS) is 15.9. The zero-order valence-corrected chi connectivity index (χ0v) is 10.0. The minimum absolute atomic E-state index is 0.531. The summed E-state index contributed by atoms with van der Waals surface area (Å²) >= 11 is 3.20. The second kappa shape index (κ2) is 4.44. The fourth-order valence-electron chi connectivity index (χ4n) is 1.25. The van der Waals surface area contributed by atoms with E-state index < -0.39 is 0 Å². The number of rotatable bonds is 2. The van der Waals surface area contributed by atoms with Gasteiger partial charge in [-0.05, 0) is 15.9 Å². The van der Waals surface area contributed by atoms with Crippen molar-refractivity contribution in [3.63, 3.8) is 0 Å². The maximum absolute atomic E-state index is 5.78. The summed E-state index contributed by atoms with van der Waals surface area (Å²) in [5.41, 5.74) is 8.12. The lowest BCUT2D eigenvalue weighted by Gasteiger charge is -1.97. The molecule has 1 aliphatic heterocycles. The first-order chi connectivity index (χ1) is 7.66. The Kier molecular flexibility index (Phi) is 3.00. The van der Waals surface area contributed by atoms with Gasteiger partial charge in [-0.1, -0.05) is 6.58 Å². The number of nitrogens with zero attached hydrogens (tertiary/aromatic N) is 3. The molecule has 1 aromatic rings. The number of hydrogen-bond donors (Lipinski definition) is 2. The topological polar surface area (TPSA) is 76.2 Å². The lowest BCUT2D eigenvalue weighted by molar-refractivity contribution is 0.946. The zero-order valence-electron chi connectivity index (χ0n) is 8.44. The maximum atomic E-state index is 5.78. The van der Waals surface area contributed by atoms with Crippen LogP contribution in [0.3, 0.4) is 0 Å². The van der Waals surface area contributed by atoms with Crippen LogP contribution in [0.4, 0.5) is 5.82 Å². The molecular weight excluding hydrogens is 270 g/mol. The lowest BCUT2D eigenvalue weighted by Crippen LogP contribution is -2.09. The monoisotopic (exact) mass is 279 g/mol. The minimum Gasteiger partial charge on any atom is -0.400 e. The zero-order chi connectivity index (χ0) is 11.5. The van der Waals surface area contributed by atoms with Crippen molar-refractivity contribution in [3.05, 3.63) is 40.5 Å². The van der Waals surface area contributed by atoms with Gasteiger partial charge in [0.2, 0.25) is 0 Å². The first-order valence-corrected chi connectivity index (χ1v) is 5.39. The number of allylic oxidation sites excluding steroid dienone is 1. The van der Waals surface area contributed by atoms with Gasteiger partial charge in [0.05, 0.1) is 18.9 Å². The molecule has 1 aromatic heterocycles. The van der Waals surface area contributed by atoms with Crippen LogP contribution in [0.25, 0.3) is 0 Å². The van der Waals surface area contributed by atoms with Crippen molar-refractivity contribution < 1.29 is 0 Å². The Morgan fingerprint density at radius 1 is 1.50 bits per heavy atom. The molecular formula is C10H10BrN5. The van der Waals surface area contributed by atoms with Gasteiger partial charge in [-0.25, -0.2) is 15.0 Å². The smallest absolute Gasteiger partial charge is 0.170 e. The molecule has 0 saturated heterocycles. The van der Waals surface area contributed by atoms with E-state index in [4.69, 9.17) is 5.73 Å². The molecule has 2 heterocycles. The van der Waals surface area contributed by atoms with Crippen LogP contribution in [0.5, 0.6) is 0 Å². The van der Waals surface area contributed by atoms with Crippen LogP contribution in [-0.2, 0) is 0 Å². The fourth-order valence-corrected chi connectivity index (χ4v) is 1.45. The summed E-state index contributed by atoms with van der Waals surface area (Å²) in [5, 5.41) is 3.04. The molecule has 0 atom stereocenters. The number of nitrogens with one attached hydrogen (secondary N) is 1. The van der Waals surface area contributed by atoms with Gasteiger partial charge in [0, 0.05) is 23.2 Å². The van der Waals surface area contributed by atoms with Crippen LogP contribution in [0.1, 0.15) is 0 Å². The molecule has 0 spiro atoms. The Morgan fingerprint density at radius 3 is 2.88 bits per heavy atom. The van der Waals surface area contributed by atoms with Crippen molar-refractivity contribution in [2.75, 3.05) is 6.54 Å². The molecule has 0 aliphatic carbocycles. The van der Waals surface area contributed by atoms with Crippen LogP contribution in [0.2, 0.25) is 0 Å². The molecule has 0 fully saturated rings. The maximum Gasteiger partial charge on any atom is 0.170 e. The molecule has 0 unspecified atom stereocenters. The summed E-state index contributed by atoms with van der Waals surface area (Å²) in [7, 11) is 0. The van der Waals surface area contributed by atoms with Crippen molar-refractivity contribution >= 4 is 28.0 Å². The van der Waals surface area contributed by atoms with Gasteiger partial charge < -0.3 is 11.1 Å². The van der Waals surface area contributed by atoms with E-state index in [0.717, 1.165) is 17.0 Å². The quantitative estimate of drug-likeness (QED) is 0.800. The third-order valence-electron chi connectivity index (χ3n) is 2.10. The van der Waals surface area contributed by atoms with E-state index >= 15 is 0 Å². The molecule has 82 valence electrons. The van der Waals surface area contributed by atoms with Crippen molar-refractivity contribution in [3.8, 4) is 0 Å². The van der Waals surface area contributed by atoms with E-state index in [1.54, 1.807) is 18.6 Å². The summed E-state index contributed by atoms with van der Waals surface area (Å²) in [6, 6.07) is 0. The third-order valence-corrected chi connectivity index (χ3v) is 2.51. The Bertz CT molecular complexity index is 474. The highest BCUT2D eigenvalue weighted by molar-refractivity contribution is 9.10. The van der Waals surface area contributed by atoms with Crippen LogP contribution in [-0.4, -0.2) is 22.7 Å². The van der Waals surface area contributed by atoms with Crippen LogP contribution in [0.15, 0.2) is 45.5 Å². The van der Waals surface area contributed by atoms with Gasteiger partial charge in [0.1, 0.15) is 4.60 Å². The van der Waals surface area contributed by atoms with Crippen molar-refractivity contribution in [2.24, 2.45) is 10.7 Å². The molecule has 0 radical (unpaired) electrons. The average Bonchev–Trinajstić information content (AvgIpc) is 2.59. The molecule has 0 aromatic carbocycles. The first-order valence-electron chi connectivity index (χ1n) is 4.60. The van der Waals surface area contributed by atoms with Gasteiger partial charge >= 0.3 is 0 Å². The number of aliphatic imine (C=N–C) groups is 1. The second-order valence-corrected chi connectivity index (χ2v) is 4.04. The first kappa shape index (κ1) is 10.8. The number of aromatic nitrogens is 2. The largest absolute Gasteiger partial charge is 0.400 e. The Balaban J connectivity index is 2.18. The average molecular weight is 280 g/mol. The minimum atomic E-state index is 0.531. The van der Waals surface area contributed by atoms with Crippen molar-refractivity contribution in [1.82, 2.24) is 15.3 Å². The van der Waals surface area contributed by atoms with E-state index in [-0.39, 0.29) is 0 Å². The Labute approximate surface area is 101 Å². The molecule has 5 nitrogen and oxygen atoms in total. The summed E-state index contributed by atoms with van der Waals surface area (Å²) in [5.74, 6) is 0.531. The molecule has 3 N–H and O–H groups in total. The molecule has 1 aliphatic rings. The van der Waals surface area contributed by atoms with Gasteiger partial charge in [-0.15, -0.1) is 0 Å². The molecule has 0 bridgehead atoms. The number of nitrogens with two attached hydrogens (primary N) is 1. The van der Waals surface area contributed by atoms with Crippen LogP contribution >= 0.6 is 15.9 Å². The summed E-state index contributed by atoms with van der Waals surface area (Å²) < 4.78 is 0.678. The molecule has 16 heavy (non-hydrogen) atoms. The van der Waals surface area contributed by atoms with E-state index in [9.17, 15) is 0 Å². The molecule has 6 heteroatoms. The predicted octanol–water partition coefficient (Wildman–Crippen LogP) is 1.27. The number of halogens is 1.